The summed E-state index contributed by atoms with van der Waals surface area (Å²) in [4.78, 5) is 0. The standard InChI is InChI=1S/C20H14FN5O/c21-13-8-5-12(6-9-13)16-15-10-7-11-3-1-2-4-14(11)18(15)27-19(22)17(16)20-23-25-26-24-20/h1-10,16H,22H2,(H,23,24,25,26). The van der Waals surface area contributed by atoms with E-state index in [0.29, 0.717) is 17.1 Å². The molecule has 1 unspecified atom stereocenters. The van der Waals surface area contributed by atoms with E-state index in [2.05, 4.69) is 20.6 Å². The Kier molecular flexibility index (Phi) is 3.39. The number of nitrogens with zero attached hydrogens (tertiary/aromatic N) is 3. The van der Waals surface area contributed by atoms with Gasteiger partial charge in [0, 0.05) is 16.9 Å². The van der Waals surface area contributed by atoms with E-state index in [-0.39, 0.29) is 17.6 Å². The molecule has 0 bridgehead atoms. The highest BCUT2D eigenvalue weighted by atomic mass is 19.1. The quantitative estimate of drug-likeness (QED) is 0.573. The molecule has 3 aromatic carbocycles. The normalized spacial score (nSPS) is 16.3. The summed E-state index contributed by atoms with van der Waals surface area (Å²) in [5.41, 5.74) is 8.66. The SMILES string of the molecule is NC1=C(c2nn[nH]n2)C(c2ccc(F)cc2)c2ccc3ccccc3c2O1. The van der Waals surface area contributed by atoms with Gasteiger partial charge in [0.05, 0.1) is 5.57 Å². The Morgan fingerprint density at radius 2 is 1.81 bits per heavy atom. The molecule has 132 valence electrons. The number of aromatic amines is 1. The van der Waals surface area contributed by atoms with Gasteiger partial charge in [0.2, 0.25) is 5.82 Å². The zero-order valence-corrected chi connectivity index (χ0v) is 14.1. The molecule has 1 aliphatic rings. The summed E-state index contributed by atoms with van der Waals surface area (Å²) in [7, 11) is 0. The molecule has 27 heavy (non-hydrogen) atoms. The average molecular weight is 359 g/mol. The molecule has 2 heterocycles. The van der Waals surface area contributed by atoms with Gasteiger partial charge in [-0.25, -0.2) is 4.39 Å². The lowest BCUT2D eigenvalue weighted by Gasteiger charge is -2.29. The van der Waals surface area contributed by atoms with Crippen molar-refractivity contribution >= 4 is 16.3 Å². The van der Waals surface area contributed by atoms with Crippen molar-refractivity contribution in [2.75, 3.05) is 0 Å². The molecule has 1 aliphatic heterocycles. The second-order valence-electron chi connectivity index (χ2n) is 6.31. The Bertz CT molecular complexity index is 1170. The van der Waals surface area contributed by atoms with E-state index in [1.807, 2.05) is 36.4 Å². The molecule has 7 heteroatoms. The molecule has 1 aromatic heterocycles. The van der Waals surface area contributed by atoms with Gasteiger partial charge in [-0.05, 0) is 28.3 Å². The van der Waals surface area contributed by atoms with Crippen LogP contribution in [0.2, 0.25) is 0 Å². The first-order valence-electron chi connectivity index (χ1n) is 8.41. The summed E-state index contributed by atoms with van der Waals surface area (Å²) >= 11 is 0. The van der Waals surface area contributed by atoms with Gasteiger partial charge >= 0.3 is 0 Å². The van der Waals surface area contributed by atoms with Crippen LogP contribution in [0.5, 0.6) is 5.75 Å². The van der Waals surface area contributed by atoms with Gasteiger partial charge in [0.25, 0.3) is 0 Å². The van der Waals surface area contributed by atoms with Crippen molar-refractivity contribution in [1.82, 2.24) is 20.6 Å². The molecule has 4 aromatic rings. The number of hydrogen-bond acceptors (Lipinski definition) is 5. The van der Waals surface area contributed by atoms with E-state index in [4.69, 9.17) is 10.5 Å². The van der Waals surface area contributed by atoms with Crippen LogP contribution in [0.3, 0.4) is 0 Å². The van der Waals surface area contributed by atoms with E-state index in [1.165, 1.54) is 12.1 Å². The molecule has 0 radical (unpaired) electrons. The first-order chi connectivity index (χ1) is 13.2. The monoisotopic (exact) mass is 359 g/mol. The van der Waals surface area contributed by atoms with Crippen molar-refractivity contribution in [3.63, 3.8) is 0 Å². The third-order valence-electron chi connectivity index (χ3n) is 4.78. The number of hydrogen-bond donors (Lipinski definition) is 2. The lowest BCUT2D eigenvalue weighted by molar-refractivity contribution is 0.409. The zero-order valence-electron chi connectivity index (χ0n) is 14.1. The number of H-pyrrole nitrogens is 1. The van der Waals surface area contributed by atoms with Crippen molar-refractivity contribution in [1.29, 1.82) is 0 Å². The Morgan fingerprint density at radius 3 is 2.59 bits per heavy atom. The number of ether oxygens (including phenoxy) is 1. The maximum absolute atomic E-state index is 13.5. The number of halogens is 1. The van der Waals surface area contributed by atoms with Gasteiger partial charge in [-0.3, -0.25) is 0 Å². The molecule has 5 rings (SSSR count). The van der Waals surface area contributed by atoms with Gasteiger partial charge in [0.15, 0.2) is 5.88 Å². The number of rotatable bonds is 2. The predicted octanol–water partition coefficient (Wildman–Crippen LogP) is 3.34. The Labute approximate surface area is 153 Å². The van der Waals surface area contributed by atoms with Crippen molar-refractivity contribution in [2.45, 2.75) is 5.92 Å². The second-order valence-corrected chi connectivity index (χ2v) is 6.31. The third kappa shape index (κ3) is 2.43. The topological polar surface area (TPSA) is 89.7 Å². The summed E-state index contributed by atoms with van der Waals surface area (Å²) in [6, 6.07) is 18.3. The Morgan fingerprint density at radius 1 is 1.00 bits per heavy atom. The first kappa shape index (κ1) is 15.5. The molecule has 0 fully saturated rings. The molecule has 0 saturated heterocycles. The highest BCUT2D eigenvalue weighted by Crippen LogP contribution is 2.47. The number of allylic oxidation sites excluding steroid dienone is 1. The van der Waals surface area contributed by atoms with Gasteiger partial charge in [-0.15, -0.1) is 10.2 Å². The lowest BCUT2D eigenvalue weighted by Crippen LogP contribution is -2.22. The highest BCUT2D eigenvalue weighted by molar-refractivity contribution is 5.92. The van der Waals surface area contributed by atoms with Crippen LogP contribution in [0.4, 0.5) is 4.39 Å². The van der Waals surface area contributed by atoms with Crippen LogP contribution in [0.25, 0.3) is 16.3 Å². The van der Waals surface area contributed by atoms with Crippen LogP contribution >= 0.6 is 0 Å². The van der Waals surface area contributed by atoms with Crippen molar-refractivity contribution < 1.29 is 9.13 Å². The number of tetrazole rings is 1. The van der Waals surface area contributed by atoms with Crippen LogP contribution < -0.4 is 10.5 Å². The highest BCUT2D eigenvalue weighted by Gasteiger charge is 2.34. The molecule has 0 saturated carbocycles. The summed E-state index contributed by atoms with van der Waals surface area (Å²) in [5, 5.41) is 16.2. The molecular formula is C20H14FN5O. The van der Waals surface area contributed by atoms with Crippen LogP contribution in [-0.2, 0) is 0 Å². The van der Waals surface area contributed by atoms with Crippen molar-refractivity contribution in [3.05, 3.63) is 89.3 Å². The largest absolute Gasteiger partial charge is 0.440 e. The zero-order chi connectivity index (χ0) is 18.4. The summed E-state index contributed by atoms with van der Waals surface area (Å²) in [6.07, 6.45) is 0. The van der Waals surface area contributed by atoms with Crippen molar-refractivity contribution in [3.8, 4) is 5.75 Å². The number of nitrogens with two attached hydrogens (primary N) is 1. The fraction of sp³-hybridized carbons (Fsp3) is 0.0500. The van der Waals surface area contributed by atoms with Gasteiger partial charge in [0.1, 0.15) is 11.6 Å². The number of fused-ring (bicyclic) bond motifs is 3. The molecule has 0 spiro atoms. The first-order valence-corrected chi connectivity index (χ1v) is 8.41. The minimum atomic E-state index is -0.309. The maximum atomic E-state index is 13.5. The van der Waals surface area contributed by atoms with E-state index < -0.39 is 0 Å². The average Bonchev–Trinajstić information content (AvgIpc) is 3.22. The minimum Gasteiger partial charge on any atom is -0.440 e. The predicted molar refractivity (Wildman–Crippen MR) is 98.1 cm³/mol. The second kappa shape index (κ2) is 5.91. The molecule has 6 nitrogen and oxygen atoms in total. The molecule has 3 N–H and O–H groups in total. The maximum Gasteiger partial charge on any atom is 0.206 e. The Hall–Kier alpha value is -3.74. The summed E-state index contributed by atoms with van der Waals surface area (Å²) < 4.78 is 19.5. The van der Waals surface area contributed by atoms with Crippen LogP contribution in [-0.4, -0.2) is 20.6 Å². The number of aromatic nitrogens is 4. The number of benzene rings is 3. The van der Waals surface area contributed by atoms with E-state index in [9.17, 15) is 4.39 Å². The molecule has 0 aliphatic carbocycles. The van der Waals surface area contributed by atoms with Crippen LogP contribution in [0, 0.1) is 5.82 Å². The van der Waals surface area contributed by atoms with E-state index in [1.54, 1.807) is 12.1 Å². The summed E-state index contributed by atoms with van der Waals surface area (Å²) in [6.45, 7) is 0. The van der Waals surface area contributed by atoms with Crippen LogP contribution in [0.1, 0.15) is 22.9 Å². The van der Waals surface area contributed by atoms with E-state index in [0.717, 1.165) is 21.9 Å². The van der Waals surface area contributed by atoms with Crippen LogP contribution in [0.15, 0.2) is 66.5 Å². The molecule has 0 amide bonds. The van der Waals surface area contributed by atoms with Gasteiger partial charge in [-0.2, -0.15) is 5.21 Å². The summed E-state index contributed by atoms with van der Waals surface area (Å²) in [5.74, 6) is 0.626. The van der Waals surface area contributed by atoms with E-state index >= 15 is 0 Å². The van der Waals surface area contributed by atoms with Crippen molar-refractivity contribution in [2.24, 2.45) is 5.73 Å². The third-order valence-corrected chi connectivity index (χ3v) is 4.78. The van der Waals surface area contributed by atoms with Gasteiger partial charge < -0.3 is 10.5 Å². The number of nitrogens with one attached hydrogen (secondary N) is 1. The van der Waals surface area contributed by atoms with Gasteiger partial charge in [-0.1, -0.05) is 48.5 Å². The smallest absolute Gasteiger partial charge is 0.206 e. The fourth-order valence-corrected chi connectivity index (χ4v) is 3.58. The Balaban J connectivity index is 1.80. The molecular weight excluding hydrogens is 345 g/mol. The molecule has 1 atom stereocenters. The lowest BCUT2D eigenvalue weighted by atomic mass is 9.81. The minimum absolute atomic E-state index is 0.203. The fourth-order valence-electron chi connectivity index (χ4n) is 3.58.